The summed E-state index contributed by atoms with van der Waals surface area (Å²) < 4.78 is 26.9. The molecule has 1 aromatic carbocycles. The lowest BCUT2D eigenvalue weighted by atomic mass is 10.1. The molecule has 0 heterocycles. The van der Waals surface area contributed by atoms with Gasteiger partial charge >= 0.3 is 0 Å². The van der Waals surface area contributed by atoms with Crippen molar-refractivity contribution in [2.45, 2.75) is 13.0 Å². The minimum atomic E-state index is -1.08. The van der Waals surface area contributed by atoms with Crippen molar-refractivity contribution in [2.24, 2.45) is 0 Å². The fourth-order valence-corrected chi connectivity index (χ4v) is 1.43. The van der Waals surface area contributed by atoms with Crippen LogP contribution in [0.15, 0.2) is 12.1 Å². The van der Waals surface area contributed by atoms with Crippen molar-refractivity contribution < 1.29 is 18.7 Å². The van der Waals surface area contributed by atoms with Crippen molar-refractivity contribution in [1.29, 1.82) is 0 Å². The van der Waals surface area contributed by atoms with E-state index in [1.54, 1.807) is 0 Å². The Labute approximate surface area is 97.6 Å². The molecular weight excluding hydrogens is 230 g/mol. The molecule has 17 heavy (non-hydrogen) atoms. The SMILES string of the molecule is CC(O)CN(C)C(=O)c1c(F)ccc(N)c1F. The molecule has 4 nitrogen and oxygen atoms in total. The van der Waals surface area contributed by atoms with Gasteiger partial charge in [-0.15, -0.1) is 0 Å². The van der Waals surface area contributed by atoms with Crippen molar-refractivity contribution in [3.8, 4) is 0 Å². The molecule has 94 valence electrons. The monoisotopic (exact) mass is 244 g/mol. The molecule has 0 saturated carbocycles. The Kier molecular flexibility index (Phi) is 4.01. The molecule has 0 aliphatic heterocycles. The van der Waals surface area contributed by atoms with E-state index in [1.165, 1.54) is 14.0 Å². The van der Waals surface area contributed by atoms with Gasteiger partial charge in [0.05, 0.1) is 11.8 Å². The Hall–Kier alpha value is -1.69. The molecule has 1 atom stereocenters. The van der Waals surface area contributed by atoms with Crippen molar-refractivity contribution >= 4 is 11.6 Å². The van der Waals surface area contributed by atoms with Crippen LogP contribution in [0.2, 0.25) is 0 Å². The molecule has 1 aromatic rings. The first kappa shape index (κ1) is 13.4. The highest BCUT2D eigenvalue weighted by atomic mass is 19.1. The highest BCUT2D eigenvalue weighted by Crippen LogP contribution is 2.19. The number of amides is 1. The molecule has 1 unspecified atom stereocenters. The van der Waals surface area contributed by atoms with Crippen LogP contribution in [-0.2, 0) is 0 Å². The van der Waals surface area contributed by atoms with E-state index < -0.39 is 29.2 Å². The quantitative estimate of drug-likeness (QED) is 0.779. The molecular formula is C11H14F2N2O2. The Morgan fingerprint density at radius 3 is 2.65 bits per heavy atom. The fourth-order valence-electron chi connectivity index (χ4n) is 1.43. The van der Waals surface area contributed by atoms with E-state index in [2.05, 4.69) is 0 Å². The number of aliphatic hydroxyl groups excluding tert-OH is 1. The Morgan fingerprint density at radius 2 is 2.12 bits per heavy atom. The van der Waals surface area contributed by atoms with Gasteiger partial charge in [0.25, 0.3) is 5.91 Å². The summed E-state index contributed by atoms with van der Waals surface area (Å²) in [7, 11) is 1.34. The second-order valence-corrected chi connectivity index (χ2v) is 3.86. The summed E-state index contributed by atoms with van der Waals surface area (Å²) in [6.07, 6.45) is -0.781. The first-order valence-electron chi connectivity index (χ1n) is 5.01. The lowest BCUT2D eigenvalue weighted by Crippen LogP contribution is -2.34. The van der Waals surface area contributed by atoms with Gasteiger partial charge in [-0.25, -0.2) is 8.78 Å². The van der Waals surface area contributed by atoms with Crippen LogP contribution in [-0.4, -0.2) is 35.6 Å². The second kappa shape index (κ2) is 5.09. The maximum Gasteiger partial charge on any atom is 0.259 e. The van der Waals surface area contributed by atoms with E-state index in [0.29, 0.717) is 0 Å². The van der Waals surface area contributed by atoms with Crippen molar-refractivity contribution in [2.75, 3.05) is 19.3 Å². The van der Waals surface area contributed by atoms with E-state index in [1.807, 2.05) is 0 Å². The highest BCUT2D eigenvalue weighted by Gasteiger charge is 2.23. The predicted octanol–water partition coefficient (Wildman–Crippen LogP) is 1.000. The Bertz CT molecular complexity index is 436. The normalized spacial score (nSPS) is 12.3. The minimum Gasteiger partial charge on any atom is -0.396 e. The molecule has 0 aromatic heterocycles. The molecule has 3 N–H and O–H groups in total. The number of nitrogen functional groups attached to an aromatic ring is 1. The zero-order valence-electron chi connectivity index (χ0n) is 9.58. The van der Waals surface area contributed by atoms with Gasteiger partial charge in [-0.1, -0.05) is 0 Å². The number of nitrogens with zero attached hydrogens (tertiary/aromatic N) is 1. The topological polar surface area (TPSA) is 66.6 Å². The molecule has 0 saturated heterocycles. The Morgan fingerprint density at radius 1 is 1.53 bits per heavy atom. The maximum absolute atomic E-state index is 13.5. The van der Waals surface area contributed by atoms with Gasteiger partial charge in [-0.2, -0.15) is 0 Å². The second-order valence-electron chi connectivity index (χ2n) is 3.86. The van der Waals surface area contributed by atoms with Crippen molar-refractivity contribution in [3.05, 3.63) is 29.3 Å². The number of likely N-dealkylation sites (N-methyl/N-ethyl adjacent to an activating group) is 1. The summed E-state index contributed by atoms with van der Waals surface area (Å²) in [4.78, 5) is 12.8. The summed E-state index contributed by atoms with van der Waals surface area (Å²) in [5.41, 5.74) is 4.27. The number of benzene rings is 1. The van der Waals surface area contributed by atoms with Crippen LogP contribution in [0.25, 0.3) is 0 Å². The molecule has 0 aliphatic carbocycles. The van der Waals surface area contributed by atoms with Gasteiger partial charge in [-0.05, 0) is 19.1 Å². The first-order valence-corrected chi connectivity index (χ1v) is 5.01. The van der Waals surface area contributed by atoms with Gasteiger partial charge in [0.1, 0.15) is 11.4 Å². The number of anilines is 1. The lowest BCUT2D eigenvalue weighted by Gasteiger charge is -2.19. The number of aliphatic hydroxyl groups is 1. The zero-order chi connectivity index (χ0) is 13.2. The number of halogens is 2. The zero-order valence-corrected chi connectivity index (χ0v) is 9.58. The molecule has 0 fully saturated rings. The summed E-state index contributed by atoms with van der Waals surface area (Å²) >= 11 is 0. The molecule has 1 rings (SSSR count). The summed E-state index contributed by atoms with van der Waals surface area (Å²) in [5, 5.41) is 9.11. The van der Waals surface area contributed by atoms with E-state index in [4.69, 9.17) is 10.8 Å². The molecule has 1 amide bonds. The van der Waals surface area contributed by atoms with Gasteiger partial charge < -0.3 is 15.7 Å². The summed E-state index contributed by atoms with van der Waals surface area (Å²) in [5.74, 6) is -2.90. The van der Waals surface area contributed by atoms with Crippen LogP contribution in [0.5, 0.6) is 0 Å². The van der Waals surface area contributed by atoms with Crippen LogP contribution in [0, 0.1) is 11.6 Å². The third-order valence-electron chi connectivity index (χ3n) is 2.22. The fraction of sp³-hybridized carbons (Fsp3) is 0.364. The average molecular weight is 244 g/mol. The standard InChI is InChI=1S/C11H14F2N2O2/c1-6(16)5-15(2)11(17)9-7(12)3-4-8(14)10(9)13/h3-4,6,16H,5,14H2,1-2H3. The Balaban J connectivity index is 3.08. The predicted molar refractivity (Wildman–Crippen MR) is 59.4 cm³/mol. The summed E-state index contributed by atoms with van der Waals surface area (Å²) in [6.45, 7) is 1.45. The molecule has 0 aliphatic rings. The van der Waals surface area contributed by atoms with Crippen LogP contribution in [0.1, 0.15) is 17.3 Å². The van der Waals surface area contributed by atoms with E-state index in [-0.39, 0.29) is 12.2 Å². The van der Waals surface area contributed by atoms with Crippen LogP contribution < -0.4 is 5.73 Å². The number of hydrogen-bond donors (Lipinski definition) is 2. The maximum atomic E-state index is 13.5. The first-order chi connectivity index (χ1) is 7.84. The molecule has 0 radical (unpaired) electrons. The third kappa shape index (κ3) is 2.91. The number of carbonyl (C=O) groups excluding carboxylic acids is 1. The van der Waals surface area contributed by atoms with Crippen LogP contribution in [0.4, 0.5) is 14.5 Å². The number of hydrogen-bond acceptors (Lipinski definition) is 3. The number of nitrogens with two attached hydrogens (primary N) is 1. The lowest BCUT2D eigenvalue weighted by molar-refractivity contribution is 0.0694. The van der Waals surface area contributed by atoms with E-state index >= 15 is 0 Å². The van der Waals surface area contributed by atoms with Crippen LogP contribution >= 0.6 is 0 Å². The van der Waals surface area contributed by atoms with Gasteiger partial charge in [0, 0.05) is 13.6 Å². The number of carbonyl (C=O) groups is 1. The van der Waals surface area contributed by atoms with Crippen LogP contribution in [0.3, 0.4) is 0 Å². The highest BCUT2D eigenvalue weighted by molar-refractivity contribution is 5.95. The van der Waals surface area contributed by atoms with E-state index in [9.17, 15) is 13.6 Å². The summed E-state index contributed by atoms with van der Waals surface area (Å²) in [6, 6.07) is 1.98. The van der Waals surface area contributed by atoms with Crippen molar-refractivity contribution in [3.63, 3.8) is 0 Å². The average Bonchev–Trinajstić information content (AvgIpc) is 2.23. The third-order valence-corrected chi connectivity index (χ3v) is 2.22. The van der Waals surface area contributed by atoms with Gasteiger partial charge in [-0.3, -0.25) is 4.79 Å². The van der Waals surface area contributed by atoms with Crippen molar-refractivity contribution in [1.82, 2.24) is 4.90 Å². The molecule has 0 spiro atoms. The molecule has 6 heteroatoms. The smallest absolute Gasteiger partial charge is 0.259 e. The van der Waals surface area contributed by atoms with Gasteiger partial charge in [0.2, 0.25) is 0 Å². The number of rotatable bonds is 3. The molecule has 0 bridgehead atoms. The van der Waals surface area contributed by atoms with E-state index in [0.717, 1.165) is 17.0 Å². The minimum absolute atomic E-state index is 0.0213. The largest absolute Gasteiger partial charge is 0.396 e. The van der Waals surface area contributed by atoms with Gasteiger partial charge in [0.15, 0.2) is 5.82 Å².